The lowest BCUT2D eigenvalue weighted by atomic mass is 10.1. The number of carbonyl (C=O) groups excluding carboxylic acids is 1. The standard InChI is InChI=1S/C16H14N2OS/c1-18(2)12-9-7-11(8-10-12)17-16-15(19)13-5-3-4-6-14(13)20-16/h3-10H,1-2H3. The van der Waals surface area contributed by atoms with Crippen molar-refractivity contribution < 1.29 is 4.79 Å². The van der Waals surface area contributed by atoms with E-state index >= 15 is 0 Å². The molecule has 1 aliphatic rings. The van der Waals surface area contributed by atoms with Crippen molar-refractivity contribution in [3.05, 3.63) is 54.1 Å². The summed E-state index contributed by atoms with van der Waals surface area (Å²) >= 11 is 1.44. The van der Waals surface area contributed by atoms with Crippen LogP contribution in [0.25, 0.3) is 0 Å². The fourth-order valence-corrected chi connectivity index (χ4v) is 3.00. The molecule has 0 radical (unpaired) electrons. The molecule has 0 saturated heterocycles. The number of ketones is 1. The van der Waals surface area contributed by atoms with Gasteiger partial charge in [-0.2, -0.15) is 0 Å². The van der Waals surface area contributed by atoms with Crippen LogP contribution in [0.1, 0.15) is 10.4 Å². The van der Waals surface area contributed by atoms with Gasteiger partial charge in [0, 0.05) is 30.2 Å². The van der Waals surface area contributed by atoms with Gasteiger partial charge in [0.05, 0.1) is 5.69 Å². The second-order valence-electron chi connectivity index (χ2n) is 4.76. The molecule has 0 fully saturated rings. The number of nitrogens with zero attached hydrogens (tertiary/aromatic N) is 2. The molecule has 0 atom stereocenters. The zero-order valence-corrected chi connectivity index (χ0v) is 12.1. The van der Waals surface area contributed by atoms with Crippen molar-refractivity contribution in [1.82, 2.24) is 0 Å². The molecule has 0 saturated carbocycles. The summed E-state index contributed by atoms with van der Waals surface area (Å²) in [6, 6.07) is 15.5. The molecule has 1 heterocycles. The minimum absolute atomic E-state index is 0.0160. The maximum Gasteiger partial charge on any atom is 0.219 e. The predicted octanol–water partition coefficient (Wildman–Crippen LogP) is 3.77. The highest BCUT2D eigenvalue weighted by atomic mass is 32.2. The van der Waals surface area contributed by atoms with Crippen molar-refractivity contribution in [2.45, 2.75) is 4.90 Å². The van der Waals surface area contributed by atoms with E-state index in [2.05, 4.69) is 4.99 Å². The Morgan fingerprint density at radius 1 is 1.00 bits per heavy atom. The summed E-state index contributed by atoms with van der Waals surface area (Å²) in [5, 5.41) is 0.545. The van der Waals surface area contributed by atoms with Crippen LogP contribution in [0.5, 0.6) is 0 Å². The van der Waals surface area contributed by atoms with Gasteiger partial charge in [0.2, 0.25) is 5.78 Å². The number of aliphatic imine (C=N–C) groups is 1. The Balaban J connectivity index is 1.89. The largest absolute Gasteiger partial charge is 0.378 e. The Bertz CT molecular complexity index is 690. The summed E-state index contributed by atoms with van der Waals surface area (Å²) in [4.78, 5) is 19.7. The van der Waals surface area contributed by atoms with Gasteiger partial charge in [0.1, 0.15) is 5.04 Å². The van der Waals surface area contributed by atoms with E-state index in [0.717, 1.165) is 21.8 Å². The zero-order chi connectivity index (χ0) is 14.1. The normalized spacial score (nSPS) is 15.5. The summed E-state index contributed by atoms with van der Waals surface area (Å²) < 4.78 is 0. The average Bonchev–Trinajstić information content (AvgIpc) is 2.77. The molecule has 2 aromatic rings. The van der Waals surface area contributed by atoms with Gasteiger partial charge in [-0.3, -0.25) is 4.79 Å². The van der Waals surface area contributed by atoms with Gasteiger partial charge < -0.3 is 4.90 Å². The first-order chi connectivity index (χ1) is 9.65. The topological polar surface area (TPSA) is 32.7 Å². The van der Waals surface area contributed by atoms with Crippen molar-refractivity contribution in [3.63, 3.8) is 0 Å². The summed E-state index contributed by atoms with van der Waals surface area (Å²) in [7, 11) is 3.99. The van der Waals surface area contributed by atoms with Gasteiger partial charge in [-0.05, 0) is 36.4 Å². The lowest BCUT2D eigenvalue weighted by Gasteiger charge is -2.11. The lowest BCUT2D eigenvalue weighted by Crippen LogP contribution is -2.07. The van der Waals surface area contributed by atoms with E-state index in [1.54, 1.807) is 0 Å². The number of anilines is 1. The second-order valence-corrected chi connectivity index (χ2v) is 5.79. The van der Waals surface area contributed by atoms with E-state index < -0.39 is 0 Å². The van der Waals surface area contributed by atoms with Crippen LogP contribution >= 0.6 is 11.8 Å². The molecule has 0 amide bonds. The summed E-state index contributed by atoms with van der Waals surface area (Å²) in [6.07, 6.45) is 0. The number of thioether (sulfide) groups is 1. The Labute approximate surface area is 122 Å². The maximum absolute atomic E-state index is 12.2. The lowest BCUT2D eigenvalue weighted by molar-refractivity contribution is 0.106. The van der Waals surface area contributed by atoms with E-state index in [1.165, 1.54) is 11.8 Å². The minimum atomic E-state index is 0.0160. The van der Waals surface area contributed by atoms with Gasteiger partial charge in [-0.15, -0.1) is 0 Å². The Kier molecular flexibility index (Phi) is 3.32. The number of carbonyl (C=O) groups is 1. The minimum Gasteiger partial charge on any atom is -0.378 e. The average molecular weight is 282 g/mol. The molecule has 3 rings (SSSR count). The number of Topliss-reactive ketones (excluding diaryl/α,β-unsaturated/α-hetero) is 1. The van der Waals surface area contributed by atoms with Crippen LogP contribution in [-0.4, -0.2) is 24.9 Å². The molecule has 3 nitrogen and oxygen atoms in total. The molecule has 0 N–H and O–H groups in total. The number of hydrogen-bond acceptors (Lipinski definition) is 4. The van der Waals surface area contributed by atoms with Gasteiger partial charge in [0.25, 0.3) is 0 Å². The smallest absolute Gasteiger partial charge is 0.219 e. The van der Waals surface area contributed by atoms with Crippen LogP contribution in [0.4, 0.5) is 11.4 Å². The highest BCUT2D eigenvalue weighted by molar-refractivity contribution is 8.16. The molecule has 100 valence electrons. The Morgan fingerprint density at radius 3 is 2.35 bits per heavy atom. The van der Waals surface area contributed by atoms with Crippen molar-refractivity contribution >= 4 is 34.0 Å². The molecule has 0 unspecified atom stereocenters. The van der Waals surface area contributed by atoms with Crippen LogP contribution in [0.2, 0.25) is 0 Å². The molecule has 2 aromatic carbocycles. The fourth-order valence-electron chi connectivity index (χ4n) is 2.03. The third kappa shape index (κ3) is 2.34. The van der Waals surface area contributed by atoms with Crippen molar-refractivity contribution in [3.8, 4) is 0 Å². The summed E-state index contributed by atoms with van der Waals surface area (Å²) in [5.41, 5.74) is 2.67. The van der Waals surface area contributed by atoms with E-state index in [1.807, 2.05) is 67.5 Å². The highest BCUT2D eigenvalue weighted by Crippen LogP contribution is 2.34. The van der Waals surface area contributed by atoms with Crippen LogP contribution in [0.15, 0.2) is 58.4 Å². The molecular weight excluding hydrogens is 268 g/mol. The molecule has 0 spiro atoms. The van der Waals surface area contributed by atoms with Crippen molar-refractivity contribution in [2.24, 2.45) is 4.99 Å². The van der Waals surface area contributed by atoms with E-state index in [4.69, 9.17) is 0 Å². The Hall–Kier alpha value is -2.07. The van der Waals surface area contributed by atoms with Gasteiger partial charge in [0.15, 0.2) is 0 Å². The molecular formula is C16H14N2OS. The van der Waals surface area contributed by atoms with Crippen LogP contribution in [0.3, 0.4) is 0 Å². The predicted molar refractivity (Wildman–Crippen MR) is 84.5 cm³/mol. The maximum atomic E-state index is 12.2. The molecule has 20 heavy (non-hydrogen) atoms. The van der Waals surface area contributed by atoms with Gasteiger partial charge in [-0.1, -0.05) is 23.9 Å². The summed E-state index contributed by atoms with van der Waals surface area (Å²) in [5.74, 6) is 0.0160. The summed E-state index contributed by atoms with van der Waals surface area (Å²) in [6.45, 7) is 0. The first-order valence-corrected chi connectivity index (χ1v) is 7.14. The fraction of sp³-hybridized carbons (Fsp3) is 0.125. The van der Waals surface area contributed by atoms with Crippen molar-refractivity contribution in [1.29, 1.82) is 0 Å². The van der Waals surface area contributed by atoms with Crippen LogP contribution < -0.4 is 4.90 Å². The Morgan fingerprint density at radius 2 is 1.70 bits per heavy atom. The molecule has 0 aliphatic carbocycles. The number of fused-ring (bicyclic) bond motifs is 1. The molecule has 0 aromatic heterocycles. The quantitative estimate of drug-likeness (QED) is 0.840. The third-order valence-electron chi connectivity index (χ3n) is 3.13. The molecule has 4 heteroatoms. The van der Waals surface area contributed by atoms with Crippen LogP contribution in [-0.2, 0) is 0 Å². The van der Waals surface area contributed by atoms with Gasteiger partial charge >= 0.3 is 0 Å². The van der Waals surface area contributed by atoms with Gasteiger partial charge in [-0.25, -0.2) is 4.99 Å². The first kappa shape index (κ1) is 12.9. The monoisotopic (exact) mass is 282 g/mol. The number of rotatable bonds is 2. The SMILES string of the molecule is CN(C)c1ccc(N=C2Sc3ccccc3C2=O)cc1. The third-order valence-corrected chi connectivity index (χ3v) is 4.18. The zero-order valence-electron chi connectivity index (χ0n) is 11.3. The molecule has 1 aliphatic heterocycles. The number of benzene rings is 2. The van der Waals surface area contributed by atoms with E-state index in [-0.39, 0.29) is 5.78 Å². The van der Waals surface area contributed by atoms with E-state index in [0.29, 0.717) is 5.04 Å². The van der Waals surface area contributed by atoms with E-state index in [9.17, 15) is 4.79 Å². The molecule has 0 bridgehead atoms. The second kappa shape index (κ2) is 5.13. The highest BCUT2D eigenvalue weighted by Gasteiger charge is 2.26. The first-order valence-electron chi connectivity index (χ1n) is 6.33. The van der Waals surface area contributed by atoms with Crippen LogP contribution in [0, 0.1) is 0 Å². The van der Waals surface area contributed by atoms with Crippen molar-refractivity contribution in [2.75, 3.05) is 19.0 Å². The number of hydrogen-bond donors (Lipinski definition) is 0.